The van der Waals surface area contributed by atoms with Crippen LogP contribution in [-0.4, -0.2) is 24.4 Å². The molecule has 3 rings (SSSR count). The molecular weight excluding hydrogens is 332 g/mol. The molecule has 2 fully saturated rings. The number of carbonyl (C=O) groups excluding carboxylic acids is 2. The molecule has 1 N–H and O–H groups in total. The third-order valence-corrected chi connectivity index (χ3v) is 4.26. The van der Waals surface area contributed by atoms with Crippen LogP contribution in [0.1, 0.15) is 12.8 Å². The van der Waals surface area contributed by atoms with Crippen molar-refractivity contribution in [1.82, 2.24) is 5.32 Å². The lowest BCUT2D eigenvalue weighted by Gasteiger charge is -2.33. The first-order valence-corrected chi connectivity index (χ1v) is 7.29. The van der Waals surface area contributed by atoms with Crippen LogP contribution in [0.25, 0.3) is 0 Å². The molecule has 1 atom stereocenters. The Morgan fingerprint density at radius 1 is 1.32 bits per heavy atom. The van der Waals surface area contributed by atoms with Crippen molar-refractivity contribution in [3.05, 3.63) is 27.7 Å². The average Bonchev–Trinajstić information content (AvgIpc) is 3.19. The van der Waals surface area contributed by atoms with Crippen LogP contribution in [-0.2, 0) is 9.59 Å². The third-order valence-electron chi connectivity index (χ3n) is 3.44. The maximum absolute atomic E-state index is 12.5. The first kappa shape index (κ1) is 12.9. The van der Waals surface area contributed by atoms with E-state index in [1.165, 1.54) is 4.90 Å². The predicted molar refractivity (Wildman–Crippen MR) is 76.2 cm³/mol. The van der Waals surface area contributed by atoms with Gasteiger partial charge in [0, 0.05) is 4.47 Å². The summed E-state index contributed by atoms with van der Waals surface area (Å²) in [5.41, 5.74) is 0.585. The molecule has 1 unspecified atom stereocenters. The van der Waals surface area contributed by atoms with Crippen molar-refractivity contribution in [3.8, 4) is 0 Å². The molecule has 0 spiro atoms. The molecule has 1 saturated heterocycles. The van der Waals surface area contributed by atoms with Crippen molar-refractivity contribution in [1.29, 1.82) is 0 Å². The van der Waals surface area contributed by atoms with Crippen molar-refractivity contribution in [2.75, 3.05) is 11.4 Å². The minimum atomic E-state index is -0.392. The largest absolute Gasteiger partial charge is 0.342 e. The van der Waals surface area contributed by atoms with E-state index in [9.17, 15) is 9.59 Å². The Morgan fingerprint density at radius 3 is 2.74 bits per heavy atom. The van der Waals surface area contributed by atoms with E-state index >= 15 is 0 Å². The fourth-order valence-corrected chi connectivity index (χ4v) is 2.88. The van der Waals surface area contributed by atoms with E-state index in [1.807, 2.05) is 0 Å². The summed E-state index contributed by atoms with van der Waals surface area (Å²) in [5.74, 6) is 0.0832. The Balaban J connectivity index is 1.95. The van der Waals surface area contributed by atoms with E-state index in [0.29, 0.717) is 10.7 Å². The minimum Gasteiger partial charge on any atom is -0.342 e. The van der Waals surface area contributed by atoms with Crippen LogP contribution in [0.15, 0.2) is 22.7 Å². The summed E-state index contributed by atoms with van der Waals surface area (Å²) >= 11 is 9.50. The topological polar surface area (TPSA) is 49.4 Å². The summed E-state index contributed by atoms with van der Waals surface area (Å²) in [6, 6.07) is 4.89. The molecule has 0 aromatic heterocycles. The Morgan fingerprint density at radius 2 is 2.05 bits per heavy atom. The molecule has 1 saturated carbocycles. The van der Waals surface area contributed by atoms with E-state index in [2.05, 4.69) is 21.2 Å². The number of hydrogen-bond acceptors (Lipinski definition) is 2. The number of halogens is 2. The summed E-state index contributed by atoms with van der Waals surface area (Å²) < 4.78 is 0.827. The number of nitrogens with zero attached hydrogens (tertiary/aromatic N) is 1. The van der Waals surface area contributed by atoms with Gasteiger partial charge >= 0.3 is 0 Å². The van der Waals surface area contributed by atoms with E-state index in [-0.39, 0.29) is 24.3 Å². The van der Waals surface area contributed by atoms with Gasteiger partial charge in [0.2, 0.25) is 11.8 Å². The highest BCUT2D eigenvalue weighted by atomic mass is 79.9. The first-order chi connectivity index (χ1) is 9.06. The van der Waals surface area contributed by atoms with E-state index in [1.54, 1.807) is 18.2 Å². The molecule has 1 aliphatic heterocycles. The zero-order valence-corrected chi connectivity index (χ0v) is 12.4. The van der Waals surface area contributed by atoms with Crippen LogP contribution in [0.4, 0.5) is 5.69 Å². The second-order valence-electron chi connectivity index (χ2n) is 4.90. The number of nitrogens with one attached hydrogen (secondary N) is 1. The van der Waals surface area contributed by atoms with Crippen molar-refractivity contribution in [2.24, 2.45) is 5.92 Å². The van der Waals surface area contributed by atoms with Crippen LogP contribution < -0.4 is 10.2 Å². The molecule has 4 nitrogen and oxygen atoms in total. The van der Waals surface area contributed by atoms with Gasteiger partial charge in [-0.2, -0.15) is 0 Å². The lowest BCUT2D eigenvalue weighted by Crippen LogP contribution is -2.59. The fraction of sp³-hybridized carbons (Fsp3) is 0.385. The van der Waals surface area contributed by atoms with Gasteiger partial charge in [-0.3, -0.25) is 14.5 Å². The number of benzene rings is 1. The predicted octanol–water partition coefficient (Wildman–Crippen LogP) is 2.34. The molecule has 0 bridgehead atoms. The molecule has 100 valence electrons. The van der Waals surface area contributed by atoms with Crippen LogP contribution in [0.5, 0.6) is 0 Å². The smallest absolute Gasteiger partial charge is 0.250 e. The normalized spacial score (nSPS) is 23.5. The number of piperazine rings is 1. The summed E-state index contributed by atoms with van der Waals surface area (Å²) in [7, 11) is 0. The monoisotopic (exact) mass is 342 g/mol. The zero-order chi connectivity index (χ0) is 13.6. The molecule has 1 heterocycles. The van der Waals surface area contributed by atoms with E-state index < -0.39 is 6.04 Å². The highest BCUT2D eigenvalue weighted by Gasteiger charge is 2.43. The molecule has 19 heavy (non-hydrogen) atoms. The maximum Gasteiger partial charge on any atom is 0.250 e. The average molecular weight is 344 g/mol. The molecule has 1 aliphatic carbocycles. The Kier molecular flexibility index (Phi) is 3.27. The van der Waals surface area contributed by atoms with Gasteiger partial charge in [0.1, 0.15) is 12.6 Å². The molecule has 6 heteroatoms. The fourth-order valence-electron chi connectivity index (χ4n) is 2.32. The molecule has 0 radical (unpaired) electrons. The number of rotatable bonds is 2. The van der Waals surface area contributed by atoms with Gasteiger partial charge in [0.15, 0.2) is 0 Å². The zero-order valence-electron chi connectivity index (χ0n) is 10.0. The SMILES string of the molecule is O=C1CN(c2cc(Br)ccc2Cl)C(=O)C(C2CC2)N1. The number of anilines is 1. The minimum absolute atomic E-state index is 0.0260. The summed E-state index contributed by atoms with van der Waals surface area (Å²) in [4.78, 5) is 25.7. The third kappa shape index (κ3) is 2.49. The molecular formula is C13H12BrClN2O2. The second kappa shape index (κ2) is 4.80. The van der Waals surface area contributed by atoms with Crippen LogP contribution >= 0.6 is 27.5 Å². The van der Waals surface area contributed by atoms with Gasteiger partial charge in [0.05, 0.1) is 10.7 Å². The molecule has 1 aromatic rings. The van der Waals surface area contributed by atoms with Crippen molar-refractivity contribution in [3.63, 3.8) is 0 Å². The Bertz CT molecular complexity index is 560. The Hall–Kier alpha value is -1.07. The van der Waals surface area contributed by atoms with Crippen molar-refractivity contribution < 1.29 is 9.59 Å². The quantitative estimate of drug-likeness (QED) is 0.896. The summed E-state index contributed by atoms with van der Waals surface area (Å²) in [6.07, 6.45) is 1.99. The highest BCUT2D eigenvalue weighted by molar-refractivity contribution is 9.10. The lowest BCUT2D eigenvalue weighted by molar-refractivity contribution is -0.131. The van der Waals surface area contributed by atoms with Gasteiger partial charge in [-0.1, -0.05) is 27.5 Å². The molecule has 2 amide bonds. The van der Waals surface area contributed by atoms with Gasteiger partial charge in [-0.15, -0.1) is 0 Å². The van der Waals surface area contributed by atoms with Crippen molar-refractivity contribution in [2.45, 2.75) is 18.9 Å². The lowest BCUT2D eigenvalue weighted by atomic mass is 10.1. The number of hydrogen-bond donors (Lipinski definition) is 1. The summed E-state index contributed by atoms with van der Waals surface area (Å²) in [5, 5.41) is 3.25. The van der Waals surface area contributed by atoms with Crippen molar-refractivity contribution >= 4 is 45.0 Å². The second-order valence-corrected chi connectivity index (χ2v) is 6.23. The van der Waals surface area contributed by atoms with E-state index in [4.69, 9.17) is 11.6 Å². The van der Waals surface area contributed by atoms with Crippen LogP contribution in [0.2, 0.25) is 5.02 Å². The van der Waals surface area contributed by atoms with Crippen LogP contribution in [0.3, 0.4) is 0 Å². The first-order valence-electron chi connectivity index (χ1n) is 6.12. The molecule has 2 aliphatic rings. The van der Waals surface area contributed by atoms with E-state index in [0.717, 1.165) is 17.3 Å². The molecule has 1 aromatic carbocycles. The highest BCUT2D eigenvalue weighted by Crippen LogP contribution is 2.37. The summed E-state index contributed by atoms with van der Waals surface area (Å²) in [6.45, 7) is 0.0260. The maximum atomic E-state index is 12.5. The van der Waals surface area contributed by atoms with Gasteiger partial charge < -0.3 is 5.32 Å². The van der Waals surface area contributed by atoms with Crippen LogP contribution in [0, 0.1) is 5.92 Å². The van der Waals surface area contributed by atoms with Gasteiger partial charge in [-0.05, 0) is 37.0 Å². The standard InChI is InChI=1S/C13H12BrClN2O2/c14-8-3-4-9(15)10(5-8)17-6-11(18)16-12(13(17)19)7-1-2-7/h3-5,7,12H,1-2,6H2,(H,16,18). The van der Waals surface area contributed by atoms with Gasteiger partial charge in [0.25, 0.3) is 0 Å². The Labute approximate surface area is 124 Å². The number of amides is 2. The van der Waals surface area contributed by atoms with Gasteiger partial charge in [-0.25, -0.2) is 0 Å². The number of carbonyl (C=O) groups is 2.